The number of hydrogen-bond donors (Lipinski definition) is 0. The molecule has 0 aromatic rings. The van der Waals surface area contributed by atoms with Crippen LogP contribution in [0.5, 0.6) is 0 Å². The van der Waals surface area contributed by atoms with Crippen molar-refractivity contribution in [2.45, 2.75) is 32.8 Å². The molecular formula is C15H20N2O5S2. The lowest BCUT2D eigenvalue weighted by Gasteiger charge is -2.27. The number of ether oxygens (including phenoxy) is 1. The number of rotatable bonds is 3. The molecule has 7 nitrogen and oxygen atoms in total. The summed E-state index contributed by atoms with van der Waals surface area (Å²) < 4.78 is 32.8. The van der Waals surface area contributed by atoms with Crippen molar-refractivity contribution >= 4 is 34.2 Å². The van der Waals surface area contributed by atoms with Crippen LogP contribution in [0.1, 0.15) is 27.2 Å². The van der Waals surface area contributed by atoms with Crippen LogP contribution in [0.15, 0.2) is 39.0 Å². The van der Waals surface area contributed by atoms with E-state index in [0.29, 0.717) is 17.1 Å². The first-order valence-electron chi connectivity index (χ1n) is 7.21. The minimum Gasteiger partial charge on any atom is -0.443 e. The predicted octanol–water partition coefficient (Wildman–Crippen LogP) is 2.99. The van der Waals surface area contributed by atoms with Crippen molar-refractivity contribution in [2.75, 3.05) is 12.9 Å². The van der Waals surface area contributed by atoms with Gasteiger partial charge in [-0.05, 0) is 32.6 Å². The van der Waals surface area contributed by atoms with E-state index in [1.54, 1.807) is 38.6 Å². The molecule has 0 fully saturated rings. The number of nitrogens with zero attached hydrogens (tertiary/aromatic N) is 2. The molecule has 132 valence electrons. The molecule has 0 bridgehead atoms. The summed E-state index contributed by atoms with van der Waals surface area (Å²) in [6, 6.07) is 0. The summed E-state index contributed by atoms with van der Waals surface area (Å²) in [5.74, 6) is 0. The van der Waals surface area contributed by atoms with Gasteiger partial charge in [-0.15, -0.1) is 0 Å². The number of carbonyl (C=O) groups is 1. The summed E-state index contributed by atoms with van der Waals surface area (Å²) in [7, 11) is -3.62. The largest absolute Gasteiger partial charge is 0.443 e. The van der Waals surface area contributed by atoms with Crippen molar-refractivity contribution in [3.8, 4) is 0 Å². The van der Waals surface area contributed by atoms with Crippen molar-refractivity contribution in [2.24, 2.45) is 4.99 Å². The van der Waals surface area contributed by atoms with Crippen LogP contribution in [0.2, 0.25) is 0 Å². The number of hydrogen-bond acceptors (Lipinski definition) is 7. The number of carbonyl (C=O) groups excluding carboxylic acids is 1. The molecule has 2 rings (SSSR count). The van der Waals surface area contributed by atoms with E-state index >= 15 is 0 Å². The van der Waals surface area contributed by atoms with Crippen LogP contribution in [0.3, 0.4) is 0 Å². The molecule has 9 heteroatoms. The van der Waals surface area contributed by atoms with Crippen LogP contribution in [-0.4, -0.2) is 44.1 Å². The number of aliphatic imine (C=N–C) groups is 1. The van der Waals surface area contributed by atoms with E-state index in [0.717, 1.165) is 11.8 Å². The highest BCUT2D eigenvalue weighted by Crippen LogP contribution is 2.39. The van der Waals surface area contributed by atoms with Crippen molar-refractivity contribution in [3.63, 3.8) is 0 Å². The molecular weight excluding hydrogens is 352 g/mol. The Labute approximate surface area is 146 Å². The molecule has 24 heavy (non-hydrogen) atoms. The fourth-order valence-corrected chi connectivity index (χ4v) is 3.26. The second kappa shape index (κ2) is 7.12. The summed E-state index contributed by atoms with van der Waals surface area (Å²) in [4.78, 5) is 18.0. The third-order valence-electron chi connectivity index (χ3n) is 2.83. The molecule has 0 saturated heterocycles. The molecule has 0 N–H and O–H groups in total. The zero-order valence-electron chi connectivity index (χ0n) is 14.0. The highest BCUT2D eigenvalue weighted by molar-refractivity contribution is 8.06. The fraction of sp³-hybridized carbons (Fsp3) is 0.467. The van der Waals surface area contributed by atoms with Gasteiger partial charge in [0, 0.05) is 18.0 Å². The first kappa shape index (κ1) is 18.8. The lowest BCUT2D eigenvalue weighted by Crippen LogP contribution is -2.35. The van der Waals surface area contributed by atoms with E-state index in [2.05, 4.69) is 4.99 Å². The Balaban J connectivity index is 2.29. The average molecular weight is 372 g/mol. The molecule has 1 amide bonds. The lowest BCUT2D eigenvalue weighted by atomic mass is 10.2. The Morgan fingerprint density at radius 2 is 2.12 bits per heavy atom. The number of amides is 1. The van der Waals surface area contributed by atoms with Crippen molar-refractivity contribution in [1.82, 2.24) is 4.90 Å². The van der Waals surface area contributed by atoms with Gasteiger partial charge in [0.15, 0.2) is 0 Å². The van der Waals surface area contributed by atoms with E-state index in [1.165, 1.54) is 16.7 Å². The topological polar surface area (TPSA) is 85.3 Å². The molecule has 0 aliphatic carbocycles. The van der Waals surface area contributed by atoms with Gasteiger partial charge >= 0.3 is 6.09 Å². The second-order valence-corrected chi connectivity index (χ2v) is 8.71. The molecule has 2 aliphatic heterocycles. The van der Waals surface area contributed by atoms with Gasteiger partial charge < -0.3 is 4.74 Å². The maximum absolute atomic E-state index is 12.6. The molecule has 2 heterocycles. The highest BCUT2D eigenvalue weighted by Gasteiger charge is 2.33. The van der Waals surface area contributed by atoms with Crippen LogP contribution in [0.25, 0.3) is 0 Å². The summed E-state index contributed by atoms with van der Waals surface area (Å²) in [5.41, 5.74) is 0.577. The maximum Gasteiger partial charge on any atom is 0.419 e. The Hall–Kier alpha value is -1.58. The zero-order chi connectivity index (χ0) is 18.0. The van der Waals surface area contributed by atoms with Crippen molar-refractivity contribution in [3.05, 3.63) is 34.0 Å². The van der Waals surface area contributed by atoms with E-state index in [1.807, 2.05) is 6.08 Å². The standard InChI is InChI=1S/C15H20N2O5S2/c1-15(2,3)22-14(18)17-12(9-21-24(4,19)20)10-23-13(17)11-6-5-7-16-8-11/h5,7-8,10H,6,9H2,1-4H3. The van der Waals surface area contributed by atoms with Crippen LogP contribution >= 0.6 is 11.8 Å². The Kier molecular flexibility index (Phi) is 5.56. The third-order valence-corrected chi connectivity index (χ3v) is 4.43. The van der Waals surface area contributed by atoms with Crippen LogP contribution in [0.4, 0.5) is 4.79 Å². The molecule has 0 spiro atoms. The average Bonchev–Trinajstić information content (AvgIpc) is 2.87. The Bertz CT molecular complexity index is 742. The molecule has 0 saturated carbocycles. The predicted molar refractivity (Wildman–Crippen MR) is 93.8 cm³/mol. The van der Waals surface area contributed by atoms with Gasteiger partial charge in [0.05, 0.1) is 17.0 Å². The highest BCUT2D eigenvalue weighted by atomic mass is 32.2. The number of thioether (sulfide) groups is 1. The molecule has 0 unspecified atom stereocenters. The summed E-state index contributed by atoms with van der Waals surface area (Å²) in [5, 5.41) is 2.33. The molecule has 2 aliphatic rings. The third kappa shape index (κ3) is 5.22. The van der Waals surface area contributed by atoms with Gasteiger partial charge in [-0.3, -0.25) is 9.18 Å². The maximum atomic E-state index is 12.6. The van der Waals surface area contributed by atoms with Gasteiger partial charge in [-0.1, -0.05) is 17.8 Å². The number of allylic oxidation sites excluding steroid dienone is 2. The van der Waals surface area contributed by atoms with Gasteiger partial charge in [0.1, 0.15) is 12.2 Å². The summed E-state index contributed by atoms with van der Waals surface area (Å²) in [6.45, 7) is 5.06. The van der Waals surface area contributed by atoms with Crippen molar-refractivity contribution < 1.29 is 22.1 Å². The molecule has 0 aromatic heterocycles. The zero-order valence-corrected chi connectivity index (χ0v) is 15.6. The lowest BCUT2D eigenvalue weighted by molar-refractivity contribution is 0.0367. The fourth-order valence-electron chi connectivity index (χ4n) is 1.92. The van der Waals surface area contributed by atoms with Crippen LogP contribution in [0, 0.1) is 0 Å². The second-order valence-electron chi connectivity index (χ2n) is 6.21. The van der Waals surface area contributed by atoms with Gasteiger partial charge in [0.2, 0.25) is 0 Å². The van der Waals surface area contributed by atoms with Crippen LogP contribution < -0.4 is 0 Å². The smallest absolute Gasteiger partial charge is 0.419 e. The van der Waals surface area contributed by atoms with Gasteiger partial charge in [-0.2, -0.15) is 8.42 Å². The quantitative estimate of drug-likeness (QED) is 0.708. The molecule has 0 radical (unpaired) electrons. The summed E-state index contributed by atoms with van der Waals surface area (Å²) >= 11 is 1.31. The normalized spacial score (nSPS) is 21.2. The molecule has 0 aromatic carbocycles. The summed E-state index contributed by atoms with van der Waals surface area (Å²) in [6.07, 6.45) is 6.24. The Morgan fingerprint density at radius 1 is 1.42 bits per heavy atom. The molecule has 0 atom stereocenters. The van der Waals surface area contributed by atoms with Crippen LogP contribution in [-0.2, 0) is 19.0 Å². The Morgan fingerprint density at radius 3 is 2.67 bits per heavy atom. The minimum atomic E-state index is -3.62. The van der Waals surface area contributed by atoms with Crippen molar-refractivity contribution in [1.29, 1.82) is 0 Å². The first-order chi connectivity index (χ1) is 11.1. The van der Waals surface area contributed by atoms with E-state index in [-0.39, 0.29) is 6.61 Å². The SMILES string of the molecule is CC(C)(C)OC(=O)N1C(COS(C)(=O)=O)=CSC1=C1C=NC=CC1. The van der Waals surface area contributed by atoms with E-state index in [4.69, 9.17) is 8.92 Å². The monoisotopic (exact) mass is 372 g/mol. The first-order valence-corrected chi connectivity index (χ1v) is 9.91. The van der Waals surface area contributed by atoms with Gasteiger partial charge in [0.25, 0.3) is 10.1 Å². The minimum absolute atomic E-state index is 0.241. The van der Waals surface area contributed by atoms with Gasteiger partial charge in [-0.25, -0.2) is 9.69 Å². The van der Waals surface area contributed by atoms with E-state index < -0.39 is 21.8 Å². The van der Waals surface area contributed by atoms with E-state index in [9.17, 15) is 13.2 Å².